The smallest absolute Gasteiger partial charge is 0.0701 e. The second kappa shape index (κ2) is 7.58. The lowest BCUT2D eigenvalue weighted by Gasteiger charge is -2.07. The molecule has 0 aromatic carbocycles. The number of hydrogen-bond acceptors (Lipinski definition) is 4. The first-order valence-corrected chi connectivity index (χ1v) is 7.29. The Labute approximate surface area is 118 Å². The molecule has 0 heterocycles. The third-order valence-corrected chi connectivity index (χ3v) is 4.90. The van der Waals surface area contributed by atoms with Gasteiger partial charge in [0.25, 0.3) is 0 Å². The van der Waals surface area contributed by atoms with Gasteiger partial charge in [0.1, 0.15) is 0 Å². The summed E-state index contributed by atoms with van der Waals surface area (Å²) in [5, 5.41) is 3.48. The zero-order chi connectivity index (χ0) is 14.4. The van der Waals surface area contributed by atoms with Crippen molar-refractivity contribution in [3.63, 3.8) is 0 Å². The van der Waals surface area contributed by atoms with Crippen molar-refractivity contribution in [3.8, 4) is 0 Å². The first-order chi connectivity index (χ1) is 8.94. The molecule has 1 aliphatic rings. The van der Waals surface area contributed by atoms with E-state index in [9.17, 15) is 0 Å². The number of ether oxygens (including phenoxy) is 3. The maximum atomic E-state index is 5.49. The second-order valence-corrected chi connectivity index (χ2v) is 6.42. The monoisotopic (exact) mass is 273 g/mol. The molecule has 0 aliphatic heterocycles. The largest absolute Gasteiger partial charge is 0.382 e. The van der Waals surface area contributed by atoms with Crippen LogP contribution in [-0.4, -0.2) is 53.2 Å². The Bertz CT molecular complexity index is 240. The molecule has 4 nitrogen and oxygen atoms in total. The van der Waals surface area contributed by atoms with Gasteiger partial charge >= 0.3 is 0 Å². The van der Waals surface area contributed by atoms with Crippen molar-refractivity contribution in [2.45, 2.75) is 27.7 Å². The van der Waals surface area contributed by atoms with E-state index in [0.29, 0.717) is 37.3 Å². The van der Waals surface area contributed by atoms with E-state index in [0.717, 1.165) is 25.6 Å². The molecule has 0 aromatic heterocycles. The minimum atomic E-state index is 0.468. The molecule has 1 fully saturated rings. The lowest BCUT2D eigenvalue weighted by atomic mass is 10.0. The lowest BCUT2D eigenvalue weighted by Crippen LogP contribution is -2.24. The summed E-state index contributed by atoms with van der Waals surface area (Å²) < 4.78 is 15.7. The van der Waals surface area contributed by atoms with E-state index in [1.165, 1.54) is 0 Å². The molecule has 4 heteroatoms. The second-order valence-electron chi connectivity index (χ2n) is 6.42. The zero-order valence-corrected chi connectivity index (χ0v) is 13.3. The summed E-state index contributed by atoms with van der Waals surface area (Å²) in [6.07, 6.45) is 0. The van der Waals surface area contributed by atoms with E-state index in [4.69, 9.17) is 14.2 Å². The SMILES string of the molecule is COCCOCCOCCNCC1C(C)(C)C1(C)C. The van der Waals surface area contributed by atoms with E-state index in [1.54, 1.807) is 7.11 Å². The molecular weight excluding hydrogens is 242 g/mol. The predicted molar refractivity (Wildman–Crippen MR) is 77.4 cm³/mol. The van der Waals surface area contributed by atoms with E-state index < -0.39 is 0 Å². The molecule has 0 radical (unpaired) electrons. The molecule has 0 atom stereocenters. The van der Waals surface area contributed by atoms with Gasteiger partial charge in [-0.25, -0.2) is 0 Å². The summed E-state index contributed by atoms with van der Waals surface area (Å²) in [7, 11) is 1.67. The van der Waals surface area contributed by atoms with Crippen LogP contribution in [0, 0.1) is 16.7 Å². The normalized spacial score (nSPS) is 20.7. The Kier molecular flexibility index (Phi) is 6.74. The van der Waals surface area contributed by atoms with Crippen LogP contribution in [-0.2, 0) is 14.2 Å². The van der Waals surface area contributed by atoms with Crippen LogP contribution in [0.25, 0.3) is 0 Å². The summed E-state index contributed by atoms with van der Waals surface area (Å²) in [6.45, 7) is 14.8. The van der Waals surface area contributed by atoms with Gasteiger partial charge in [0.2, 0.25) is 0 Å². The number of hydrogen-bond donors (Lipinski definition) is 1. The topological polar surface area (TPSA) is 39.7 Å². The van der Waals surface area contributed by atoms with Gasteiger partial charge in [0.15, 0.2) is 0 Å². The van der Waals surface area contributed by atoms with Crippen LogP contribution in [0.2, 0.25) is 0 Å². The molecule has 19 heavy (non-hydrogen) atoms. The fraction of sp³-hybridized carbons (Fsp3) is 1.00. The Hall–Kier alpha value is -0.160. The number of nitrogens with one attached hydrogen (secondary N) is 1. The van der Waals surface area contributed by atoms with Crippen molar-refractivity contribution in [2.75, 3.05) is 53.2 Å². The minimum Gasteiger partial charge on any atom is -0.382 e. The van der Waals surface area contributed by atoms with Gasteiger partial charge in [-0.2, -0.15) is 0 Å². The molecule has 0 unspecified atom stereocenters. The van der Waals surface area contributed by atoms with Crippen molar-refractivity contribution >= 4 is 0 Å². The molecule has 114 valence electrons. The average Bonchev–Trinajstić information content (AvgIpc) is 2.73. The molecule has 0 aromatic rings. The van der Waals surface area contributed by atoms with Crippen molar-refractivity contribution in [3.05, 3.63) is 0 Å². The summed E-state index contributed by atoms with van der Waals surface area (Å²) in [5.74, 6) is 0.775. The third-order valence-electron chi connectivity index (χ3n) is 4.90. The molecule has 0 amide bonds. The summed E-state index contributed by atoms with van der Waals surface area (Å²) in [4.78, 5) is 0. The van der Waals surface area contributed by atoms with Gasteiger partial charge in [-0.05, 0) is 23.3 Å². The van der Waals surface area contributed by atoms with Gasteiger partial charge in [-0.3, -0.25) is 0 Å². The molecule has 1 saturated carbocycles. The van der Waals surface area contributed by atoms with Crippen molar-refractivity contribution in [1.82, 2.24) is 5.32 Å². The fourth-order valence-corrected chi connectivity index (χ4v) is 2.70. The van der Waals surface area contributed by atoms with Crippen LogP contribution < -0.4 is 5.32 Å². The van der Waals surface area contributed by atoms with Crippen LogP contribution >= 0.6 is 0 Å². The molecule has 0 saturated heterocycles. The highest BCUT2D eigenvalue weighted by molar-refractivity contribution is 5.12. The zero-order valence-electron chi connectivity index (χ0n) is 13.3. The summed E-state index contributed by atoms with van der Waals surface area (Å²) in [5.41, 5.74) is 0.937. The molecule has 1 rings (SSSR count). The maximum Gasteiger partial charge on any atom is 0.0701 e. The molecule has 1 N–H and O–H groups in total. The fourth-order valence-electron chi connectivity index (χ4n) is 2.70. The molecule has 0 bridgehead atoms. The van der Waals surface area contributed by atoms with Crippen molar-refractivity contribution < 1.29 is 14.2 Å². The standard InChI is InChI=1S/C15H31NO3/c1-14(2)13(15(14,3)4)12-16-6-7-18-10-11-19-9-8-17-5/h13,16H,6-12H2,1-5H3. The van der Waals surface area contributed by atoms with Crippen LogP contribution in [0.1, 0.15) is 27.7 Å². The van der Waals surface area contributed by atoms with Crippen molar-refractivity contribution in [2.24, 2.45) is 16.7 Å². The summed E-state index contributed by atoms with van der Waals surface area (Å²) in [6, 6.07) is 0. The Morgan fingerprint density at radius 1 is 0.842 bits per heavy atom. The Morgan fingerprint density at radius 3 is 1.89 bits per heavy atom. The van der Waals surface area contributed by atoms with E-state index in [2.05, 4.69) is 33.0 Å². The highest BCUT2D eigenvalue weighted by Crippen LogP contribution is 2.67. The molecule has 1 aliphatic carbocycles. The van der Waals surface area contributed by atoms with Crippen molar-refractivity contribution in [1.29, 1.82) is 0 Å². The summed E-state index contributed by atoms with van der Waals surface area (Å²) >= 11 is 0. The van der Waals surface area contributed by atoms with E-state index in [-0.39, 0.29) is 0 Å². The number of methoxy groups -OCH3 is 1. The van der Waals surface area contributed by atoms with E-state index in [1.807, 2.05) is 0 Å². The quantitative estimate of drug-likeness (QED) is 0.584. The number of rotatable bonds is 11. The van der Waals surface area contributed by atoms with Gasteiger partial charge in [-0.1, -0.05) is 27.7 Å². The highest BCUT2D eigenvalue weighted by Gasteiger charge is 2.63. The van der Waals surface area contributed by atoms with Gasteiger partial charge < -0.3 is 19.5 Å². The Balaban J connectivity index is 1.85. The van der Waals surface area contributed by atoms with Crippen LogP contribution in [0.15, 0.2) is 0 Å². The molecule has 0 spiro atoms. The highest BCUT2D eigenvalue weighted by atomic mass is 16.5. The first-order valence-electron chi connectivity index (χ1n) is 7.29. The van der Waals surface area contributed by atoms with Gasteiger partial charge in [-0.15, -0.1) is 0 Å². The first kappa shape index (κ1) is 16.9. The third kappa shape index (κ3) is 4.71. The van der Waals surface area contributed by atoms with E-state index >= 15 is 0 Å². The Morgan fingerprint density at radius 2 is 1.37 bits per heavy atom. The average molecular weight is 273 g/mol. The predicted octanol–water partition coefficient (Wildman–Crippen LogP) is 1.94. The lowest BCUT2D eigenvalue weighted by molar-refractivity contribution is 0.0255. The van der Waals surface area contributed by atoms with Gasteiger partial charge in [0, 0.05) is 13.7 Å². The van der Waals surface area contributed by atoms with Crippen LogP contribution in [0.5, 0.6) is 0 Å². The van der Waals surface area contributed by atoms with Crippen LogP contribution in [0.3, 0.4) is 0 Å². The molecular formula is C15H31NO3. The minimum absolute atomic E-state index is 0.468. The van der Waals surface area contributed by atoms with Gasteiger partial charge in [0.05, 0.1) is 33.0 Å². The van der Waals surface area contributed by atoms with Crippen LogP contribution in [0.4, 0.5) is 0 Å². The maximum absolute atomic E-state index is 5.49.